The van der Waals surface area contributed by atoms with Crippen LogP contribution >= 0.6 is 0 Å². The van der Waals surface area contributed by atoms with Gasteiger partial charge < -0.3 is 28.9 Å². The van der Waals surface area contributed by atoms with E-state index < -0.39 is 0 Å². The summed E-state index contributed by atoms with van der Waals surface area (Å²) in [5.41, 5.74) is 1.69. The molecule has 4 aliphatic heterocycles. The van der Waals surface area contributed by atoms with E-state index in [4.69, 9.17) is 0 Å². The molecule has 0 aliphatic carbocycles. The topological polar surface area (TPSA) is 23.3 Å². The standard InChI is InChI=1S/C15H23N2O.HI/c18-15-6-3-5-14-11-8-12(10-17(14)15)13-4-1-2-7-16(13)9-11;/h11-12,14H,1-10H2;1H/q+1;/p-1/t11-,12-,14-;/m0./s1. The summed E-state index contributed by atoms with van der Waals surface area (Å²) >= 11 is 0. The first kappa shape index (κ1) is 13.8. The van der Waals surface area contributed by atoms with Gasteiger partial charge in [0, 0.05) is 37.8 Å². The molecule has 4 aliphatic rings. The average Bonchev–Trinajstić information content (AvgIpc) is 2.40. The van der Waals surface area contributed by atoms with Crippen LogP contribution in [0, 0.1) is 11.8 Å². The van der Waals surface area contributed by atoms with Crippen molar-refractivity contribution in [3.63, 3.8) is 0 Å². The maximum atomic E-state index is 12.1. The van der Waals surface area contributed by atoms with Crippen LogP contribution in [0.1, 0.15) is 44.9 Å². The fourth-order valence-corrected chi connectivity index (χ4v) is 4.81. The van der Waals surface area contributed by atoms with E-state index in [1.807, 2.05) is 0 Å². The molecule has 4 heteroatoms. The molecule has 2 bridgehead atoms. The van der Waals surface area contributed by atoms with Gasteiger partial charge in [0.2, 0.25) is 5.91 Å². The molecule has 0 N–H and O–H groups in total. The molecule has 2 fully saturated rings. The normalized spacial score (nSPS) is 37.4. The van der Waals surface area contributed by atoms with Crippen LogP contribution in [0.5, 0.6) is 0 Å². The molecule has 0 aromatic heterocycles. The summed E-state index contributed by atoms with van der Waals surface area (Å²) in [6.45, 7) is 3.55. The van der Waals surface area contributed by atoms with Crippen molar-refractivity contribution in [3.05, 3.63) is 0 Å². The Morgan fingerprint density at radius 1 is 1.16 bits per heavy atom. The SMILES string of the molecule is O=C1CCC[C@H]2[C@H]3C[C@@H](CN12)C1=[N+](CCCC1)C3.[I-]. The summed E-state index contributed by atoms with van der Waals surface area (Å²) in [7, 11) is 0. The summed E-state index contributed by atoms with van der Waals surface area (Å²) in [6.07, 6.45) is 8.57. The molecule has 0 unspecified atom stereocenters. The van der Waals surface area contributed by atoms with Crippen molar-refractivity contribution in [2.24, 2.45) is 11.8 Å². The zero-order valence-corrected chi connectivity index (χ0v) is 13.6. The summed E-state index contributed by atoms with van der Waals surface area (Å²) in [5.74, 6) is 1.89. The van der Waals surface area contributed by atoms with Crippen LogP contribution in [0.15, 0.2) is 0 Å². The van der Waals surface area contributed by atoms with E-state index in [1.165, 1.54) is 45.2 Å². The van der Waals surface area contributed by atoms with Crippen molar-refractivity contribution >= 4 is 11.6 Å². The van der Waals surface area contributed by atoms with Gasteiger partial charge in [0.25, 0.3) is 0 Å². The summed E-state index contributed by atoms with van der Waals surface area (Å²) in [6, 6.07) is 0.575. The highest BCUT2D eigenvalue weighted by molar-refractivity contribution is 5.85. The number of amides is 1. The van der Waals surface area contributed by atoms with Gasteiger partial charge in [0.05, 0.1) is 5.92 Å². The average molecular weight is 374 g/mol. The number of nitrogens with zero attached hydrogens (tertiary/aromatic N) is 2. The highest BCUT2D eigenvalue weighted by Crippen LogP contribution is 2.38. The molecule has 3 atom stereocenters. The third kappa shape index (κ3) is 2.24. The fraction of sp³-hybridized carbons (Fsp3) is 0.867. The second-order valence-corrected chi connectivity index (χ2v) is 6.59. The molecule has 0 aromatic rings. The van der Waals surface area contributed by atoms with Crippen molar-refractivity contribution in [2.75, 3.05) is 19.6 Å². The van der Waals surface area contributed by atoms with E-state index in [-0.39, 0.29) is 24.0 Å². The minimum Gasteiger partial charge on any atom is -1.00 e. The summed E-state index contributed by atoms with van der Waals surface area (Å²) in [5, 5.41) is 0. The maximum Gasteiger partial charge on any atom is 0.222 e. The van der Waals surface area contributed by atoms with E-state index in [2.05, 4.69) is 9.48 Å². The lowest BCUT2D eigenvalue weighted by Gasteiger charge is -2.48. The van der Waals surface area contributed by atoms with Crippen molar-refractivity contribution in [1.29, 1.82) is 0 Å². The largest absolute Gasteiger partial charge is 1.00 e. The van der Waals surface area contributed by atoms with Gasteiger partial charge in [-0.2, -0.15) is 0 Å². The number of hydrogen-bond donors (Lipinski definition) is 0. The third-order valence-electron chi connectivity index (χ3n) is 5.60. The van der Waals surface area contributed by atoms with Crippen LogP contribution in [0.25, 0.3) is 0 Å². The van der Waals surface area contributed by atoms with Crippen LogP contribution in [0.4, 0.5) is 0 Å². The monoisotopic (exact) mass is 374 g/mol. The lowest BCUT2D eigenvalue weighted by Crippen LogP contribution is -3.00. The van der Waals surface area contributed by atoms with E-state index in [9.17, 15) is 4.79 Å². The highest BCUT2D eigenvalue weighted by Gasteiger charge is 2.48. The Kier molecular flexibility index (Phi) is 3.89. The highest BCUT2D eigenvalue weighted by atomic mass is 127. The Hall–Kier alpha value is -0.130. The Labute approximate surface area is 132 Å². The molecule has 4 rings (SSSR count). The Morgan fingerprint density at radius 2 is 2.05 bits per heavy atom. The van der Waals surface area contributed by atoms with Crippen LogP contribution < -0.4 is 24.0 Å². The quantitative estimate of drug-likeness (QED) is 0.380. The molecule has 2 saturated heterocycles. The smallest absolute Gasteiger partial charge is 0.222 e. The molecule has 0 radical (unpaired) electrons. The van der Waals surface area contributed by atoms with Crippen LogP contribution in [0.2, 0.25) is 0 Å². The van der Waals surface area contributed by atoms with Crippen molar-refractivity contribution in [3.8, 4) is 0 Å². The number of rotatable bonds is 0. The molecule has 3 nitrogen and oxygen atoms in total. The Balaban J connectivity index is 0.00000110. The second-order valence-electron chi connectivity index (χ2n) is 6.59. The zero-order valence-electron chi connectivity index (χ0n) is 11.5. The molecular formula is C15H23IN2O. The van der Waals surface area contributed by atoms with Gasteiger partial charge in [-0.1, -0.05) is 0 Å². The first-order valence-corrected chi connectivity index (χ1v) is 7.73. The third-order valence-corrected chi connectivity index (χ3v) is 5.60. The van der Waals surface area contributed by atoms with Crippen LogP contribution in [-0.4, -0.2) is 46.8 Å². The van der Waals surface area contributed by atoms with Gasteiger partial charge in [-0.15, -0.1) is 0 Å². The summed E-state index contributed by atoms with van der Waals surface area (Å²) < 4.78 is 2.68. The number of carbonyl (C=O) groups is 1. The summed E-state index contributed by atoms with van der Waals surface area (Å²) in [4.78, 5) is 14.4. The van der Waals surface area contributed by atoms with Gasteiger partial charge >= 0.3 is 0 Å². The minimum atomic E-state index is 0. The van der Waals surface area contributed by atoms with Gasteiger partial charge in [-0.3, -0.25) is 4.79 Å². The van der Waals surface area contributed by atoms with Gasteiger partial charge in [-0.05, 0) is 25.7 Å². The molecule has 0 spiro atoms. The number of hydrogen-bond acceptors (Lipinski definition) is 1. The Bertz CT molecular complexity index is 420. The predicted octanol–water partition coefficient (Wildman–Crippen LogP) is -1.34. The number of fused-ring (bicyclic) bond motifs is 5. The molecule has 4 heterocycles. The zero-order chi connectivity index (χ0) is 12.1. The molecule has 19 heavy (non-hydrogen) atoms. The molecule has 0 aromatic carbocycles. The van der Waals surface area contributed by atoms with E-state index in [0.29, 0.717) is 17.9 Å². The van der Waals surface area contributed by atoms with Crippen LogP contribution in [0.3, 0.4) is 0 Å². The first-order valence-electron chi connectivity index (χ1n) is 7.73. The molecular weight excluding hydrogens is 351 g/mol. The van der Waals surface area contributed by atoms with Crippen LogP contribution in [-0.2, 0) is 4.79 Å². The second kappa shape index (κ2) is 5.34. The van der Waals surface area contributed by atoms with Gasteiger partial charge in [0.1, 0.15) is 13.1 Å². The lowest BCUT2D eigenvalue weighted by atomic mass is 9.73. The maximum absolute atomic E-state index is 12.1. The van der Waals surface area contributed by atoms with Gasteiger partial charge in [-0.25, -0.2) is 4.58 Å². The number of piperidine rings is 2. The van der Waals surface area contributed by atoms with Gasteiger partial charge in [0.15, 0.2) is 5.71 Å². The number of carbonyl (C=O) groups excluding carboxylic acids is 1. The minimum absolute atomic E-state index is 0. The number of halogens is 1. The van der Waals surface area contributed by atoms with E-state index in [1.54, 1.807) is 5.71 Å². The van der Waals surface area contributed by atoms with E-state index >= 15 is 0 Å². The Morgan fingerprint density at radius 3 is 2.95 bits per heavy atom. The lowest BCUT2D eigenvalue weighted by molar-refractivity contribution is -0.551. The van der Waals surface area contributed by atoms with Crippen molar-refractivity contribution < 1.29 is 33.3 Å². The molecule has 1 amide bonds. The van der Waals surface area contributed by atoms with Crippen molar-refractivity contribution in [2.45, 2.75) is 51.0 Å². The fourth-order valence-electron chi connectivity index (χ4n) is 4.81. The van der Waals surface area contributed by atoms with Crippen molar-refractivity contribution in [1.82, 2.24) is 4.90 Å². The molecule has 0 saturated carbocycles. The van der Waals surface area contributed by atoms with E-state index in [0.717, 1.165) is 25.3 Å². The molecule has 106 valence electrons. The first-order chi connectivity index (χ1) is 8.83. The predicted molar refractivity (Wildman–Crippen MR) is 69.8 cm³/mol.